The molecule has 0 atom stereocenters. The van der Waals surface area contributed by atoms with Crippen molar-refractivity contribution in [3.63, 3.8) is 0 Å². The van der Waals surface area contributed by atoms with Crippen LogP contribution in [0.3, 0.4) is 0 Å². The van der Waals surface area contributed by atoms with Crippen LogP contribution in [-0.2, 0) is 5.41 Å². The van der Waals surface area contributed by atoms with Gasteiger partial charge in [-0.25, -0.2) is 9.50 Å². The highest BCUT2D eigenvalue weighted by molar-refractivity contribution is 5.99. The van der Waals surface area contributed by atoms with Gasteiger partial charge in [-0.3, -0.25) is 14.7 Å². The van der Waals surface area contributed by atoms with Gasteiger partial charge in [-0.15, -0.1) is 0 Å². The van der Waals surface area contributed by atoms with Crippen molar-refractivity contribution < 1.29 is 9.53 Å². The van der Waals surface area contributed by atoms with Crippen LogP contribution in [0.25, 0.3) is 5.65 Å². The predicted molar refractivity (Wildman–Crippen MR) is 92.1 cm³/mol. The number of fused-ring (bicyclic) bond motifs is 1. The minimum absolute atomic E-state index is 0.0847. The van der Waals surface area contributed by atoms with Gasteiger partial charge in [-0.2, -0.15) is 0 Å². The number of benzene rings is 1. The van der Waals surface area contributed by atoms with Crippen LogP contribution in [0.15, 0.2) is 47.5 Å². The molecule has 0 aliphatic heterocycles. The molecule has 4 rings (SSSR count). The van der Waals surface area contributed by atoms with E-state index in [0.29, 0.717) is 17.8 Å². The fourth-order valence-electron chi connectivity index (χ4n) is 3.20. The summed E-state index contributed by atoms with van der Waals surface area (Å²) in [7, 11) is 1.66. The number of rotatable bonds is 5. The van der Waals surface area contributed by atoms with Gasteiger partial charge in [-0.05, 0) is 18.9 Å². The van der Waals surface area contributed by atoms with Gasteiger partial charge in [0, 0.05) is 36.0 Å². The number of aromatic nitrogens is 3. The summed E-state index contributed by atoms with van der Waals surface area (Å²) in [5.41, 5.74) is 1.46. The SMILES string of the molecule is COc1ccccc1C1(CNC(=O)c2c[nH]n3c(=O)ccnc23)CC1. The molecule has 0 unspecified atom stereocenters. The number of hydrogen-bond acceptors (Lipinski definition) is 4. The maximum absolute atomic E-state index is 12.6. The first-order chi connectivity index (χ1) is 12.1. The molecule has 0 radical (unpaired) electrons. The molecule has 1 amide bonds. The van der Waals surface area contributed by atoms with Crippen molar-refractivity contribution in [2.24, 2.45) is 0 Å². The van der Waals surface area contributed by atoms with E-state index in [1.54, 1.807) is 7.11 Å². The van der Waals surface area contributed by atoms with Gasteiger partial charge >= 0.3 is 0 Å². The van der Waals surface area contributed by atoms with Crippen molar-refractivity contribution in [1.29, 1.82) is 0 Å². The molecule has 0 bridgehead atoms. The molecular weight excluding hydrogens is 320 g/mol. The van der Waals surface area contributed by atoms with Crippen LogP contribution in [0.4, 0.5) is 0 Å². The highest BCUT2D eigenvalue weighted by Gasteiger charge is 2.46. The lowest BCUT2D eigenvalue weighted by Crippen LogP contribution is -2.32. The van der Waals surface area contributed by atoms with E-state index in [9.17, 15) is 9.59 Å². The second-order valence-electron chi connectivity index (χ2n) is 6.29. The molecule has 3 aromatic rings. The van der Waals surface area contributed by atoms with Gasteiger partial charge < -0.3 is 10.1 Å². The lowest BCUT2D eigenvalue weighted by molar-refractivity contribution is 0.0951. The van der Waals surface area contributed by atoms with Gasteiger partial charge in [0.15, 0.2) is 5.65 Å². The van der Waals surface area contributed by atoms with Crippen molar-refractivity contribution >= 4 is 11.6 Å². The molecule has 2 aromatic heterocycles. The van der Waals surface area contributed by atoms with E-state index in [2.05, 4.69) is 15.4 Å². The monoisotopic (exact) mass is 338 g/mol. The molecule has 0 spiro atoms. The Morgan fingerprint density at radius 1 is 1.36 bits per heavy atom. The fraction of sp³-hybridized carbons (Fsp3) is 0.278. The van der Waals surface area contributed by atoms with E-state index in [1.165, 1.54) is 23.0 Å². The largest absolute Gasteiger partial charge is 0.496 e. The second-order valence-corrected chi connectivity index (χ2v) is 6.29. The number of nitrogens with zero attached hydrogens (tertiary/aromatic N) is 2. The predicted octanol–water partition coefficient (Wildman–Crippen LogP) is 1.49. The molecule has 1 aliphatic rings. The molecule has 2 N–H and O–H groups in total. The number of nitrogens with one attached hydrogen (secondary N) is 2. The van der Waals surface area contributed by atoms with Crippen molar-refractivity contribution in [2.45, 2.75) is 18.3 Å². The van der Waals surface area contributed by atoms with Gasteiger partial charge in [0.25, 0.3) is 11.5 Å². The van der Waals surface area contributed by atoms with Gasteiger partial charge in [0.1, 0.15) is 11.3 Å². The number of hydrogen-bond donors (Lipinski definition) is 2. The Bertz CT molecular complexity index is 1000. The van der Waals surface area contributed by atoms with Crippen molar-refractivity contribution in [3.05, 3.63) is 64.2 Å². The van der Waals surface area contributed by atoms with E-state index in [0.717, 1.165) is 24.2 Å². The minimum Gasteiger partial charge on any atom is -0.496 e. The first kappa shape index (κ1) is 15.4. The Labute approximate surface area is 143 Å². The van der Waals surface area contributed by atoms with E-state index < -0.39 is 0 Å². The zero-order valence-electron chi connectivity index (χ0n) is 13.8. The zero-order valence-corrected chi connectivity index (χ0v) is 13.8. The normalized spacial score (nSPS) is 15.1. The second kappa shape index (κ2) is 5.77. The number of ether oxygens (including phenoxy) is 1. The Morgan fingerprint density at radius 2 is 2.16 bits per heavy atom. The molecule has 1 aliphatic carbocycles. The quantitative estimate of drug-likeness (QED) is 0.738. The summed E-state index contributed by atoms with van der Waals surface area (Å²) in [4.78, 5) is 28.4. The van der Waals surface area contributed by atoms with E-state index in [1.807, 2.05) is 24.3 Å². The van der Waals surface area contributed by atoms with Crippen LogP contribution in [0.2, 0.25) is 0 Å². The number of amides is 1. The zero-order chi connectivity index (χ0) is 17.4. The highest BCUT2D eigenvalue weighted by atomic mass is 16.5. The Hall–Kier alpha value is -3.09. The molecule has 128 valence electrons. The van der Waals surface area contributed by atoms with Gasteiger partial charge in [0.2, 0.25) is 0 Å². The number of aromatic amines is 1. The molecule has 7 heteroatoms. The first-order valence-electron chi connectivity index (χ1n) is 8.11. The summed E-state index contributed by atoms with van der Waals surface area (Å²) in [6, 6.07) is 9.24. The standard InChI is InChI=1S/C18H18N4O3/c1-25-14-5-3-2-4-13(14)18(7-8-18)11-20-17(24)12-10-21-22-15(23)6-9-19-16(12)22/h2-6,9-10,21H,7-8,11H2,1H3,(H,20,24). The van der Waals surface area contributed by atoms with Crippen LogP contribution < -0.4 is 15.6 Å². The van der Waals surface area contributed by atoms with E-state index in [-0.39, 0.29) is 16.9 Å². The third-order valence-corrected chi connectivity index (χ3v) is 4.79. The number of H-pyrrole nitrogens is 1. The first-order valence-corrected chi connectivity index (χ1v) is 8.11. The summed E-state index contributed by atoms with van der Waals surface area (Å²) in [5, 5.41) is 5.74. The van der Waals surface area contributed by atoms with Crippen molar-refractivity contribution in [2.75, 3.05) is 13.7 Å². The van der Waals surface area contributed by atoms with Gasteiger partial charge in [0.05, 0.1) is 7.11 Å². The number of carbonyl (C=O) groups is 1. The lowest BCUT2D eigenvalue weighted by Gasteiger charge is -2.19. The molecule has 0 saturated heterocycles. The van der Waals surface area contributed by atoms with E-state index in [4.69, 9.17) is 4.74 Å². The maximum atomic E-state index is 12.6. The Morgan fingerprint density at radius 3 is 2.92 bits per heavy atom. The lowest BCUT2D eigenvalue weighted by atomic mass is 9.95. The van der Waals surface area contributed by atoms with Crippen LogP contribution in [0.5, 0.6) is 5.75 Å². The van der Waals surface area contributed by atoms with E-state index >= 15 is 0 Å². The molecule has 25 heavy (non-hydrogen) atoms. The van der Waals surface area contributed by atoms with Crippen LogP contribution in [0, 0.1) is 0 Å². The van der Waals surface area contributed by atoms with Crippen molar-refractivity contribution in [3.8, 4) is 5.75 Å². The topological polar surface area (TPSA) is 88.5 Å². The summed E-state index contributed by atoms with van der Waals surface area (Å²) in [6.45, 7) is 0.514. The third kappa shape index (κ3) is 2.57. The summed E-state index contributed by atoms with van der Waals surface area (Å²) in [5.74, 6) is 0.590. The molecule has 7 nitrogen and oxygen atoms in total. The summed E-state index contributed by atoms with van der Waals surface area (Å²) < 4.78 is 6.71. The number of para-hydroxylation sites is 1. The van der Waals surface area contributed by atoms with Crippen LogP contribution in [-0.4, -0.2) is 34.2 Å². The van der Waals surface area contributed by atoms with Crippen molar-refractivity contribution in [1.82, 2.24) is 19.9 Å². The maximum Gasteiger partial charge on any atom is 0.272 e. The average Bonchev–Trinajstić information content (AvgIpc) is 3.30. The smallest absolute Gasteiger partial charge is 0.272 e. The van der Waals surface area contributed by atoms with Gasteiger partial charge in [-0.1, -0.05) is 18.2 Å². The average molecular weight is 338 g/mol. The summed E-state index contributed by atoms with van der Waals surface area (Å²) in [6.07, 6.45) is 4.90. The molecule has 1 fully saturated rings. The summed E-state index contributed by atoms with van der Waals surface area (Å²) >= 11 is 0. The van der Waals surface area contributed by atoms with Crippen LogP contribution in [0.1, 0.15) is 28.8 Å². The Balaban J connectivity index is 1.56. The third-order valence-electron chi connectivity index (χ3n) is 4.79. The highest BCUT2D eigenvalue weighted by Crippen LogP contribution is 2.50. The number of methoxy groups -OCH3 is 1. The molecule has 2 heterocycles. The molecule has 1 aromatic carbocycles. The van der Waals surface area contributed by atoms with Crippen LogP contribution >= 0.6 is 0 Å². The molecular formula is C18H18N4O3. The number of carbonyl (C=O) groups excluding carboxylic acids is 1. The minimum atomic E-state index is -0.253. The Kier molecular flexibility index (Phi) is 3.56. The fourth-order valence-corrected chi connectivity index (χ4v) is 3.20. The molecule has 1 saturated carbocycles.